The first-order valence-electron chi connectivity index (χ1n) is 7.39. The van der Waals surface area contributed by atoms with Crippen molar-refractivity contribution in [3.05, 3.63) is 35.1 Å². The number of carbonyl (C=O) groups excluding carboxylic acids is 2. The summed E-state index contributed by atoms with van der Waals surface area (Å²) in [5.41, 5.74) is 1.23. The van der Waals surface area contributed by atoms with Gasteiger partial charge >= 0.3 is 0 Å². The molecule has 0 bridgehead atoms. The summed E-state index contributed by atoms with van der Waals surface area (Å²) in [6.45, 7) is 3.06. The van der Waals surface area contributed by atoms with Gasteiger partial charge in [0.05, 0.1) is 0 Å². The zero-order chi connectivity index (χ0) is 15.0. The zero-order valence-corrected chi connectivity index (χ0v) is 12.1. The minimum Gasteiger partial charge on any atom is -0.353 e. The van der Waals surface area contributed by atoms with E-state index in [0.717, 1.165) is 12.8 Å². The minimum atomic E-state index is -0.322. The quantitative estimate of drug-likeness (QED) is 0.858. The number of carbonyl (C=O) groups is 2. The van der Waals surface area contributed by atoms with E-state index in [1.165, 1.54) is 12.1 Å². The average molecular weight is 290 g/mol. The number of amides is 2. The van der Waals surface area contributed by atoms with Gasteiger partial charge in [-0.2, -0.15) is 0 Å². The van der Waals surface area contributed by atoms with Gasteiger partial charge < -0.3 is 10.2 Å². The summed E-state index contributed by atoms with van der Waals surface area (Å²) in [5, 5.41) is 3.01. The first-order valence-corrected chi connectivity index (χ1v) is 7.39. The number of hydrogen-bond acceptors (Lipinski definition) is 2. The predicted molar refractivity (Wildman–Crippen MR) is 76.3 cm³/mol. The number of nitrogens with one attached hydrogen (secondary N) is 1. The first-order chi connectivity index (χ1) is 10.0. The molecule has 2 saturated heterocycles. The molecule has 1 aromatic rings. The molecule has 0 spiro atoms. The van der Waals surface area contributed by atoms with Crippen molar-refractivity contribution in [1.82, 2.24) is 10.2 Å². The summed E-state index contributed by atoms with van der Waals surface area (Å²) in [6, 6.07) is 4.47. The Hall–Kier alpha value is -1.91. The maximum absolute atomic E-state index is 13.1. The van der Waals surface area contributed by atoms with E-state index in [0.29, 0.717) is 36.6 Å². The van der Waals surface area contributed by atoms with E-state index in [-0.39, 0.29) is 23.7 Å². The monoisotopic (exact) mass is 290 g/mol. The van der Waals surface area contributed by atoms with Crippen LogP contribution < -0.4 is 5.32 Å². The van der Waals surface area contributed by atoms with Crippen LogP contribution in [0, 0.1) is 18.7 Å². The van der Waals surface area contributed by atoms with Crippen LogP contribution in [0.2, 0.25) is 0 Å². The molecule has 1 aromatic carbocycles. The number of piperidine rings is 2. The fourth-order valence-corrected chi connectivity index (χ4v) is 3.33. The van der Waals surface area contributed by atoms with Gasteiger partial charge in [0.1, 0.15) is 5.82 Å². The van der Waals surface area contributed by atoms with E-state index in [9.17, 15) is 14.0 Å². The highest BCUT2D eigenvalue weighted by molar-refractivity contribution is 5.95. The Morgan fingerprint density at radius 2 is 2.19 bits per heavy atom. The smallest absolute Gasteiger partial charge is 0.254 e. The largest absolute Gasteiger partial charge is 0.353 e. The van der Waals surface area contributed by atoms with Crippen molar-refractivity contribution in [2.45, 2.75) is 32.2 Å². The van der Waals surface area contributed by atoms with Gasteiger partial charge in [0.25, 0.3) is 5.91 Å². The van der Waals surface area contributed by atoms with Gasteiger partial charge in [-0.15, -0.1) is 0 Å². The van der Waals surface area contributed by atoms with Gasteiger partial charge in [0.2, 0.25) is 5.91 Å². The molecule has 2 aliphatic heterocycles. The number of hydrogen-bond donors (Lipinski definition) is 1. The Balaban J connectivity index is 1.73. The summed E-state index contributed by atoms with van der Waals surface area (Å²) in [5.74, 6) is 0.0900. The van der Waals surface area contributed by atoms with Gasteiger partial charge in [0, 0.05) is 31.1 Å². The van der Waals surface area contributed by atoms with Crippen LogP contribution in [0.5, 0.6) is 0 Å². The van der Waals surface area contributed by atoms with Crippen LogP contribution >= 0.6 is 0 Å². The van der Waals surface area contributed by atoms with Crippen LogP contribution in [0.1, 0.15) is 35.2 Å². The fourth-order valence-electron chi connectivity index (χ4n) is 3.33. The average Bonchev–Trinajstić information content (AvgIpc) is 2.46. The van der Waals surface area contributed by atoms with E-state index in [1.54, 1.807) is 13.0 Å². The maximum Gasteiger partial charge on any atom is 0.254 e. The fraction of sp³-hybridized carbons (Fsp3) is 0.500. The zero-order valence-electron chi connectivity index (χ0n) is 12.1. The third kappa shape index (κ3) is 2.77. The number of benzene rings is 1. The minimum absolute atomic E-state index is 0.0390. The number of fused-ring (bicyclic) bond motifs is 1. The number of halogens is 1. The third-order valence-corrected chi connectivity index (χ3v) is 4.53. The van der Waals surface area contributed by atoms with Crippen molar-refractivity contribution in [2.75, 3.05) is 13.1 Å². The molecule has 21 heavy (non-hydrogen) atoms. The predicted octanol–water partition coefficient (Wildman–Crippen LogP) is 1.87. The molecule has 5 heteroatoms. The molecule has 1 N–H and O–H groups in total. The van der Waals surface area contributed by atoms with E-state index >= 15 is 0 Å². The standard InChI is InChI=1S/C16H19FN2O2/c1-10-8-12(17)3-4-13(10)16(21)19-7-6-14-11(9-19)2-5-15(20)18-14/h3-4,8,11,14H,2,5-7,9H2,1H3,(H,18,20). The highest BCUT2D eigenvalue weighted by Gasteiger charge is 2.35. The summed E-state index contributed by atoms with van der Waals surface area (Å²) < 4.78 is 13.1. The topological polar surface area (TPSA) is 49.4 Å². The van der Waals surface area contributed by atoms with Crippen LogP contribution in [0.25, 0.3) is 0 Å². The van der Waals surface area contributed by atoms with Crippen LogP contribution in [0.4, 0.5) is 4.39 Å². The summed E-state index contributed by atoms with van der Waals surface area (Å²) >= 11 is 0. The molecule has 2 heterocycles. The number of likely N-dealkylation sites (tertiary alicyclic amines) is 1. The normalized spacial score (nSPS) is 25.2. The second-order valence-electron chi connectivity index (χ2n) is 5.97. The van der Waals surface area contributed by atoms with Crippen LogP contribution in [-0.2, 0) is 4.79 Å². The van der Waals surface area contributed by atoms with Gasteiger partial charge in [-0.25, -0.2) is 4.39 Å². The molecular weight excluding hydrogens is 271 g/mol. The Bertz CT molecular complexity index is 588. The van der Waals surface area contributed by atoms with Crippen LogP contribution in [0.15, 0.2) is 18.2 Å². The molecule has 2 aliphatic rings. The van der Waals surface area contributed by atoms with E-state index in [4.69, 9.17) is 0 Å². The Morgan fingerprint density at radius 3 is 2.95 bits per heavy atom. The van der Waals surface area contributed by atoms with Gasteiger partial charge in [-0.1, -0.05) is 0 Å². The lowest BCUT2D eigenvalue weighted by molar-refractivity contribution is -0.125. The molecular formula is C16H19FN2O2. The van der Waals surface area contributed by atoms with E-state index in [2.05, 4.69) is 5.32 Å². The van der Waals surface area contributed by atoms with Crippen molar-refractivity contribution in [3.8, 4) is 0 Å². The van der Waals surface area contributed by atoms with Crippen LogP contribution in [-0.4, -0.2) is 35.8 Å². The summed E-state index contributed by atoms with van der Waals surface area (Å²) in [6.07, 6.45) is 2.17. The van der Waals surface area contributed by atoms with Crippen molar-refractivity contribution in [2.24, 2.45) is 5.92 Å². The molecule has 4 nitrogen and oxygen atoms in total. The van der Waals surface area contributed by atoms with Crippen molar-refractivity contribution in [1.29, 1.82) is 0 Å². The lowest BCUT2D eigenvalue weighted by Gasteiger charge is -2.41. The lowest BCUT2D eigenvalue weighted by atomic mass is 9.85. The van der Waals surface area contributed by atoms with Gasteiger partial charge in [0.15, 0.2) is 0 Å². The Morgan fingerprint density at radius 1 is 1.38 bits per heavy atom. The SMILES string of the molecule is Cc1cc(F)ccc1C(=O)N1CCC2NC(=O)CCC2C1. The van der Waals surface area contributed by atoms with E-state index in [1.807, 2.05) is 4.90 Å². The van der Waals surface area contributed by atoms with Gasteiger partial charge in [-0.3, -0.25) is 9.59 Å². The van der Waals surface area contributed by atoms with Crippen molar-refractivity contribution in [3.63, 3.8) is 0 Å². The van der Waals surface area contributed by atoms with Gasteiger partial charge in [-0.05, 0) is 49.4 Å². The molecule has 2 atom stereocenters. The molecule has 0 saturated carbocycles. The molecule has 2 unspecified atom stereocenters. The Kier molecular flexibility index (Phi) is 3.66. The summed E-state index contributed by atoms with van der Waals surface area (Å²) in [4.78, 5) is 25.8. The molecule has 112 valence electrons. The van der Waals surface area contributed by atoms with Crippen molar-refractivity contribution >= 4 is 11.8 Å². The molecule has 0 aliphatic carbocycles. The molecule has 0 radical (unpaired) electrons. The molecule has 0 aromatic heterocycles. The second kappa shape index (κ2) is 5.47. The van der Waals surface area contributed by atoms with E-state index < -0.39 is 0 Å². The number of rotatable bonds is 1. The first kappa shape index (κ1) is 14.0. The third-order valence-electron chi connectivity index (χ3n) is 4.53. The molecule has 3 rings (SSSR count). The molecule has 2 amide bonds. The maximum atomic E-state index is 13.1. The second-order valence-corrected chi connectivity index (χ2v) is 5.97. The highest BCUT2D eigenvalue weighted by atomic mass is 19.1. The number of aryl methyl sites for hydroxylation is 1. The highest BCUT2D eigenvalue weighted by Crippen LogP contribution is 2.26. The lowest BCUT2D eigenvalue weighted by Crippen LogP contribution is -2.55. The van der Waals surface area contributed by atoms with Crippen molar-refractivity contribution < 1.29 is 14.0 Å². The number of nitrogens with zero attached hydrogens (tertiary/aromatic N) is 1. The van der Waals surface area contributed by atoms with Crippen LogP contribution in [0.3, 0.4) is 0 Å². The Labute approximate surface area is 123 Å². The summed E-state index contributed by atoms with van der Waals surface area (Å²) in [7, 11) is 0. The molecule has 2 fully saturated rings.